The first-order valence-electron chi connectivity index (χ1n) is 12.2. The smallest absolute Gasteiger partial charge is 0.278 e. The Kier molecular flexibility index (Phi) is 7.48. The third kappa shape index (κ3) is 5.13. The van der Waals surface area contributed by atoms with E-state index in [1.807, 2.05) is 66.5 Å². The van der Waals surface area contributed by atoms with Gasteiger partial charge < -0.3 is 9.64 Å². The molecule has 0 atom stereocenters. The molecule has 4 rings (SSSR count). The van der Waals surface area contributed by atoms with Crippen LogP contribution >= 0.6 is 0 Å². The molecule has 1 fully saturated rings. The number of likely N-dealkylation sites (N-methyl/N-ethyl adjacent to an activating group) is 1. The Morgan fingerprint density at radius 2 is 1.58 bits per heavy atom. The number of imide groups is 1. The van der Waals surface area contributed by atoms with Crippen LogP contribution in [0, 0.1) is 0 Å². The molecule has 0 unspecified atom stereocenters. The van der Waals surface area contributed by atoms with Gasteiger partial charge in [0.15, 0.2) is 0 Å². The van der Waals surface area contributed by atoms with Crippen molar-refractivity contribution in [3.05, 3.63) is 71.4 Å². The first-order chi connectivity index (χ1) is 16.1. The average Bonchev–Trinajstić information content (AvgIpc) is 2.98. The highest BCUT2D eigenvalue weighted by molar-refractivity contribution is 6.35. The van der Waals surface area contributed by atoms with Crippen LogP contribution < -0.4 is 4.74 Å². The van der Waals surface area contributed by atoms with Gasteiger partial charge in [0.05, 0.1) is 12.2 Å². The summed E-state index contributed by atoms with van der Waals surface area (Å²) in [6, 6.07) is 17.6. The molecule has 5 heteroatoms. The van der Waals surface area contributed by atoms with Gasteiger partial charge in [0.1, 0.15) is 11.4 Å². The van der Waals surface area contributed by atoms with E-state index in [1.165, 1.54) is 12.8 Å². The third-order valence-corrected chi connectivity index (χ3v) is 6.54. The van der Waals surface area contributed by atoms with E-state index in [0.717, 1.165) is 49.0 Å². The lowest BCUT2D eigenvalue weighted by Crippen LogP contribution is -2.42. The van der Waals surface area contributed by atoms with Gasteiger partial charge in [-0.15, -0.1) is 0 Å². The maximum Gasteiger partial charge on any atom is 0.278 e. The van der Waals surface area contributed by atoms with Crippen LogP contribution in [-0.2, 0) is 16.1 Å². The van der Waals surface area contributed by atoms with Crippen molar-refractivity contribution in [2.75, 3.05) is 13.7 Å². The predicted octanol–water partition coefficient (Wildman–Crippen LogP) is 5.41. The van der Waals surface area contributed by atoms with Crippen LogP contribution in [0.4, 0.5) is 0 Å². The van der Waals surface area contributed by atoms with E-state index >= 15 is 0 Å². The number of carbonyl (C=O) groups is 2. The molecule has 0 N–H and O–H groups in total. The maximum atomic E-state index is 13.7. The van der Waals surface area contributed by atoms with Crippen LogP contribution in [0.2, 0.25) is 0 Å². The quantitative estimate of drug-likeness (QED) is 0.402. The Balaban J connectivity index is 1.69. The largest absolute Gasteiger partial charge is 0.494 e. The second kappa shape index (κ2) is 10.7. The number of carbonyl (C=O) groups excluding carboxylic acids is 2. The van der Waals surface area contributed by atoms with Crippen molar-refractivity contribution in [1.29, 1.82) is 0 Å². The highest BCUT2D eigenvalue weighted by Crippen LogP contribution is 2.36. The summed E-state index contributed by atoms with van der Waals surface area (Å²) in [5.74, 6) is 0.452. The van der Waals surface area contributed by atoms with Gasteiger partial charge in [0, 0.05) is 19.6 Å². The summed E-state index contributed by atoms with van der Waals surface area (Å²) in [6.45, 7) is 3.29. The number of hydrogen-bond donors (Lipinski definition) is 0. The van der Waals surface area contributed by atoms with E-state index in [0.29, 0.717) is 24.4 Å². The van der Waals surface area contributed by atoms with Gasteiger partial charge in [-0.2, -0.15) is 0 Å². The molecule has 1 saturated carbocycles. The zero-order valence-corrected chi connectivity index (χ0v) is 19.8. The fraction of sp³-hybridized carbons (Fsp3) is 0.429. The standard InChI is InChI=1S/C28H34N2O3/c1-3-19-33-24-17-15-22(16-18-24)25-26(29(2)20-21-11-7-6-8-12-21)28(32)30(27(25)31)23-13-9-4-5-10-14-23/h6-8,11-12,15-18,23H,3-5,9-10,13-14,19-20H2,1-2H3. The van der Waals surface area contributed by atoms with Crippen molar-refractivity contribution in [1.82, 2.24) is 9.80 Å². The normalized spacial score (nSPS) is 17.5. The van der Waals surface area contributed by atoms with Gasteiger partial charge in [0.25, 0.3) is 11.8 Å². The Labute approximate surface area is 197 Å². The van der Waals surface area contributed by atoms with Crippen LogP contribution in [0.5, 0.6) is 5.75 Å². The summed E-state index contributed by atoms with van der Waals surface area (Å²) >= 11 is 0. The lowest BCUT2D eigenvalue weighted by atomic mass is 10.0. The van der Waals surface area contributed by atoms with Gasteiger partial charge >= 0.3 is 0 Å². The Morgan fingerprint density at radius 3 is 2.21 bits per heavy atom. The van der Waals surface area contributed by atoms with Crippen LogP contribution in [0.1, 0.15) is 63.0 Å². The van der Waals surface area contributed by atoms with E-state index < -0.39 is 0 Å². The molecule has 33 heavy (non-hydrogen) atoms. The average molecular weight is 447 g/mol. The molecule has 1 aliphatic carbocycles. The number of amides is 2. The molecule has 0 bridgehead atoms. The molecule has 0 saturated heterocycles. The molecule has 2 aromatic carbocycles. The first-order valence-corrected chi connectivity index (χ1v) is 12.2. The van der Waals surface area contributed by atoms with E-state index in [-0.39, 0.29) is 17.9 Å². The maximum absolute atomic E-state index is 13.7. The van der Waals surface area contributed by atoms with Gasteiger partial charge in [0.2, 0.25) is 0 Å². The van der Waals surface area contributed by atoms with Crippen molar-refractivity contribution >= 4 is 17.4 Å². The van der Waals surface area contributed by atoms with E-state index in [2.05, 4.69) is 6.92 Å². The van der Waals surface area contributed by atoms with Gasteiger partial charge in [-0.25, -0.2) is 0 Å². The SMILES string of the molecule is CCCOc1ccc(C2=C(N(C)Cc3ccccc3)C(=O)N(C3CCCCCC3)C2=O)cc1. The van der Waals surface area contributed by atoms with Gasteiger partial charge in [-0.3, -0.25) is 14.5 Å². The second-order valence-electron chi connectivity index (χ2n) is 9.06. The Hall–Kier alpha value is -3.08. The lowest BCUT2D eigenvalue weighted by Gasteiger charge is -2.27. The molecule has 2 aromatic rings. The molecule has 174 valence electrons. The van der Waals surface area contributed by atoms with Crippen LogP contribution in [-0.4, -0.2) is 41.3 Å². The summed E-state index contributed by atoms with van der Waals surface area (Å²) < 4.78 is 5.72. The molecular weight excluding hydrogens is 412 g/mol. The molecule has 5 nitrogen and oxygen atoms in total. The first kappa shape index (κ1) is 23.1. The summed E-state index contributed by atoms with van der Waals surface area (Å²) in [5, 5.41) is 0. The summed E-state index contributed by atoms with van der Waals surface area (Å²) in [6.07, 6.45) is 7.20. The van der Waals surface area contributed by atoms with E-state index in [1.54, 1.807) is 4.90 Å². The zero-order valence-electron chi connectivity index (χ0n) is 19.8. The molecule has 2 aliphatic rings. The van der Waals surface area contributed by atoms with Gasteiger partial charge in [-0.05, 0) is 42.5 Å². The van der Waals surface area contributed by atoms with E-state index in [9.17, 15) is 9.59 Å². The monoisotopic (exact) mass is 446 g/mol. The predicted molar refractivity (Wildman–Crippen MR) is 130 cm³/mol. The van der Waals surface area contributed by atoms with Crippen molar-refractivity contribution in [2.24, 2.45) is 0 Å². The van der Waals surface area contributed by atoms with Crippen molar-refractivity contribution in [3.8, 4) is 5.75 Å². The number of rotatable bonds is 8. The third-order valence-electron chi connectivity index (χ3n) is 6.54. The Bertz CT molecular complexity index is 990. The van der Waals surface area contributed by atoms with Crippen LogP contribution in [0.25, 0.3) is 5.57 Å². The fourth-order valence-electron chi connectivity index (χ4n) is 4.87. The molecule has 0 aromatic heterocycles. The molecule has 2 amide bonds. The number of hydrogen-bond acceptors (Lipinski definition) is 4. The molecule has 0 spiro atoms. The fourth-order valence-corrected chi connectivity index (χ4v) is 4.87. The summed E-state index contributed by atoms with van der Waals surface area (Å²) in [5.41, 5.74) is 2.87. The number of benzene rings is 2. The molecular formula is C28H34N2O3. The number of ether oxygens (including phenoxy) is 1. The van der Waals surface area contributed by atoms with Crippen molar-refractivity contribution < 1.29 is 14.3 Å². The topological polar surface area (TPSA) is 49.9 Å². The molecule has 1 aliphatic heterocycles. The molecule has 0 radical (unpaired) electrons. The van der Waals surface area contributed by atoms with E-state index in [4.69, 9.17) is 4.74 Å². The second-order valence-corrected chi connectivity index (χ2v) is 9.06. The van der Waals surface area contributed by atoms with Crippen molar-refractivity contribution in [2.45, 2.75) is 64.5 Å². The molecule has 1 heterocycles. The summed E-state index contributed by atoms with van der Waals surface area (Å²) in [4.78, 5) is 31.0. The summed E-state index contributed by atoms with van der Waals surface area (Å²) in [7, 11) is 1.91. The van der Waals surface area contributed by atoms with Gasteiger partial charge in [-0.1, -0.05) is 75.1 Å². The zero-order chi connectivity index (χ0) is 23.2. The number of nitrogens with zero attached hydrogens (tertiary/aromatic N) is 2. The lowest BCUT2D eigenvalue weighted by molar-refractivity contribution is -0.140. The highest BCUT2D eigenvalue weighted by atomic mass is 16.5. The highest BCUT2D eigenvalue weighted by Gasteiger charge is 2.44. The van der Waals surface area contributed by atoms with Crippen LogP contribution in [0.3, 0.4) is 0 Å². The minimum atomic E-state index is -0.163. The van der Waals surface area contributed by atoms with Crippen LogP contribution in [0.15, 0.2) is 60.3 Å². The minimum absolute atomic E-state index is 0.0164. The van der Waals surface area contributed by atoms with Crippen molar-refractivity contribution in [3.63, 3.8) is 0 Å². The Morgan fingerprint density at radius 1 is 0.909 bits per heavy atom. The minimum Gasteiger partial charge on any atom is -0.494 e.